The zero-order chi connectivity index (χ0) is 21.4. The number of aryl methyl sites for hydroxylation is 2. The van der Waals surface area contributed by atoms with Crippen molar-refractivity contribution in [3.8, 4) is 0 Å². The van der Waals surface area contributed by atoms with Gasteiger partial charge in [0.25, 0.3) is 0 Å². The highest BCUT2D eigenvalue weighted by atomic mass is 19.4. The minimum Gasteiger partial charge on any atom is -0.480 e. The quantitative estimate of drug-likeness (QED) is 0.378. The van der Waals surface area contributed by atoms with Gasteiger partial charge in [-0.05, 0) is 38.8 Å². The fourth-order valence-electron chi connectivity index (χ4n) is 2.53. The van der Waals surface area contributed by atoms with E-state index in [2.05, 4.69) is 20.8 Å². The highest BCUT2D eigenvalue weighted by Crippen LogP contribution is 2.29. The highest BCUT2D eigenvalue weighted by Gasteiger charge is 2.46. The average molecular weight is 409 g/mol. The van der Waals surface area contributed by atoms with Gasteiger partial charge in [0.15, 0.2) is 0 Å². The van der Waals surface area contributed by atoms with Crippen LogP contribution >= 0.6 is 0 Å². The molecule has 2 rings (SSSR count). The molecule has 13 heteroatoms. The number of carbonyl (C=O) groups excluding carboxylic acids is 1. The second kappa shape index (κ2) is 10.0. The fourth-order valence-corrected chi connectivity index (χ4v) is 2.53. The summed E-state index contributed by atoms with van der Waals surface area (Å²) in [6, 6.07) is 0. The van der Waals surface area contributed by atoms with Crippen LogP contribution in [-0.2, 0) is 27.9 Å². The third-order valence-electron chi connectivity index (χ3n) is 4.09. The number of carboxylic acids is 2. The Morgan fingerprint density at radius 1 is 1.29 bits per heavy atom. The number of nitrogens with one attached hydrogen (secondary N) is 2. The van der Waals surface area contributed by atoms with Gasteiger partial charge in [0.2, 0.25) is 5.91 Å². The van der Waals surface area contributed by atoms with Crippen LogP contribution in [0.4, 0.5) is 13.2 Å². The maximum atomic E-state index is 12.2. The lowest BCUT2D eigenvalue weighted by atomic mass is 9.78. The molecule has 4 N–H and O–H groups in total. The van der Waals surface area contributed by atoms with Gasteiger partial charge in [0.1, 0.15) is 5.41 Å². The Morgan fingerprint density at radius 2 is 1.86 bits per heavy atom. The molecule has 2 heterocycles. The van der Waals surface area contributed by atoms with E-state index in [9.17, 15) is 27.9 Å². The summed E-state index contributed by atoms with van der Waals surface area (Å²) in [6.07, 6.45) is -1.32. The van der Waals surface area contributed by atoms with Crippen molar-refractivity contribution in [2.75, 3.05) is 19.6 Å². The second-order valence-corrected chi connectivity index (χ2v) is 6.12. The standard InChI is InChI=1S/C13H21N5O3.C2HF3O2/c1-18-16-9-10(17-18)3-2-6-15-11(19)13(12(20)21)4-7-14-8-5-13;3-2(4,5)1(6)7/h9,14H,2-8H2,1H3,(H,15,19)(H,20,21);(H,6,7). The molecule has 0 saturated carbocycles. The number of nitrogens with zero attached hydrogens (tertiary/aromatic N) is 3. The number of rotatable bonds is 6. The van der Waals surface area contributed by atoms with E-state index in [1.54, 1.807) is 13.2 Å². The van der Waals surface area contributed by atoms with Gasteiger partial charge in [-0.25, -0.2) is 4.79 Å². The molecule has 1 aromatic rings. The zero-order valence-electron chi connectivity index (χ0n) is 15.1. The molecule has 1 aliphatic rings. The summed E-state index contributed by atoms with van der Waals surface area (Å²) in [5, 5.41) is 30.5. The van der Waals surface area contributed by atoms with Crippen molar-refractivity contribution < 1.29 is 37.8 Å². The van der Waals surface area contributed by atoms with Crippen LogP contribution in [0, 0.1) is 5.41 Å². The van der Waals surface area contributed by atoms with E-state index in [4.69, 9.17) is 9.90 Å². The molecule has 1 aliphatic heterocycles. The smallest absolute Gasteiger partial charge is 0.480 e. The van der Waals surface area contributed by atoms with E-state index in [0.29, 0.717) is 45.3 Å². The van der Waals surface area contributed by atoms with Gasteiger partial charge < -0.3 is 20.8 Å². The minimum atomic E-state index is -5.08. The van der Waals surface area contributed by atoms with Crippen LogP contribution < -0.4 is 10.6 Å². The van der Waals surface area contributed by atoms with Crippen molar-refractivity contribution >= 4 is 17.8 Å². The van der Waals surface area contributed by atoms with E-state index in [-0.39, 0.29) is 5.91 Å². The molecule has 1 fully saturated rings. The number of aromatic nitrogens is 3. The van der Waals surface area contributed by atoms with E-state index in [1.807, 2.05) is 0 Å². The molecule has 28 heavy (non-hydrogen) atoms. The van der Waals surface area contributed by atoms with Crippen LogP contribution in [0.2, 0.25) is 0 Å². The highest BCUT2D eigenvalue weighted by molar-refractivity contribution is 6.02. The first-order valence-corrected chi connectivity index (χ1v) is 8.37. The Morgan fingerprint density at radius 3 is 2.29 bits per heavy atom. The third-order valence-corrected chi connectivity index (χ3v) is 4.09. The molecule has 0 atom stereocenters. The molecule has 10 nitrogen and oxygen atoms in total. The molecule has 0 aliphatic carbocycles. The first-order chi connectivity index (χ1) is 13.0. The van der Waals surface area contributed by atoms with Gasteiger partial charge in [-0.2, -0.15) is 28.2 Å². The van der Waals surface area contributed by atoms with Crippen LogP contribution in [0.15, 0.2) is 6.20 Å². The lowest BCUT2D eigenvalue weighted by molar-refractivity contribution is -0.192. The lowest BCUT2D eigenvalue weighted by Gasteiger charge is -2.32. The summed E-state index contributed by atoms with van der Waals surface area (Å²) >= 11 is 0. The van der Waals surface area contributed by atoms with Gasteiger partial charge in [0, 0.05) is 13.6 Å². The zero-order valence-corrected chi connectivity index (χ0v) is 15.1. The SMILES string of the molecule is Cn1ncc(CCCNC(=O)C2(C(=O)O)CCNCC2)n1.O=C(O)C(F)(F)F. The Labute approximate surface area is 158 Å². The predicted molar refractivity (Wildman–Crippen MR) is 88.2 cm³/mol. The second-order valence-electron chi connectivity index (χ2n) is 6.12. The summed E-state index contributed by atoms with van der Waals surface area (Å²) in [4.78, 5) is 34.1. The molecule has 158 valence electrons. The molecule has 1 saturated heterocycles. The Kier molecular flexibility index (Phi) is 8.35. The number of carbonyl (C=O) groups is 3. The van der Waals surface area contributed by atoms with E-state index < -0.39 is 23.5 Å². The van der Waals surface area contributed by atoms with Crippen LogP contribution in [-0.4, -0.2) is 68.9 Å². The van der Waals surface area contributed by atoms with Crippen molar-refractivity contribution in [2.45, 2.75) is 31.9 Å². The number of halogens is 3. The summed E-state index contributed by atoms with van der Waals surface area (Å²) in [5.41, 5.74) is -0.417. The molecule has 0 spiro atoms. The number of carboxylic acid groups (broad SMARTS) is 2. The Bertz CT molecular complexity index is 686. The molecule has 0 radical (unpaired) electrons. The first kappa shape index (κ1) is 23.3. The van der Waals surface area contributed by atoms with Crippen LogP contribution in [0.5, 0.6) is 0 Å². The normalized spacial score (nSPS) is 15.9. The number of hydrogen-bond donors (Lipinski definition) is 4. The van der Waals surface area contributed by atoms with Gasteiger partial charge in [-0.1, -0.05) is 0 Å². The average Bonchev–Trinajstić information content (AvgIpc) is 3.04. The molecule has 1 amide bonds. The van der Waals surface area contributed by atoms with Crippen molar-refractivity contribution in [3.05, 3.63) is 11.9 Å². The molecular formula is C15H22F3N5O5. The summed E-state index contributed by atoms with van der Waals surface area (Å²) < 4.78 is 31.7. The van der Waals surface area contributed by atoms with Gasteiger partial charge in [0.05, 0.1) is 11.9 Å². The first-order valence-electron chi connectivity index (χ1n) is 8.37. The number of aliphatic carboxylic acids is 2. The molecule has 0 bridgehead atoms. The summed E-state index contributed by atoms with van der Waals surface area (Å²) in [7, 11) is 1.75. The lowest BCUT2D eigenvalue weighted by Crippen LogP contribution is -2.52. The minimum absolute atomic E-state index is 0.332. The largest absolute Gasteiger partial charge is 0.490 e. The number of alkyl halides is 3. The van der Waals surface area contributed by atoms with Crippen molar-refractivity contribution in [1.82, 2.24) is 25.6 Å². The third kappa shape index (κ3) is 6.79. The molecule has 0 aromatic carbocycles. The predicted octanol–water partition coefficient (Wildman–Crippen LogP) is -0.0484. The van der Waals surface area contributed by atoms with Crippen LogP contribution in [0.25, 0.3) is 0 Å². The van der Waals surface area contributed by atoms with E-state index >= 15 is 0 Å². The van der Waals surface area contributed by atoms with Crippen molar-refractivity contribution in [1.29, 1.82) is 0 Å². The number of hydrogen-bond acceptors (Lipinski definition) is 6. The van der Waals surface area contributed by atoms with Crippen molar-refractivity contribution in [2.24, 2.45) is 12.5 Å². The molecule has 1 aromatic heterocycles. The van der Waals surface area contributed by atoms with E-state index in [0.717, 1.165) is 5.69 Å². The van der Waals surface area contributed by atoms with Crippen LogP contribution in [0.3, 0.4) is 0 Å². The Hall–Kier alpha value is -2.70. The summed E-state index contributed by atoms with van der Waals surface area (Å²) in [6.45, 7) is 1.55. The van der Waals surface area contributed by atoms with Gasteiger partial charge in [-0.15, -0.1) is 0 Å². The topological polar surface area (TPSA) is 146 Å². The van der Waals surface area contributed by atoms with Gasteiger partial charge in [-0.3, -0.25) is 9.59 Å². The Balaban J connectivity index is 0.000000480. The van der Waals surface area contributed by atoms with Crippen LogP contribution in [0.1, 0.15) is 25.0 Å². The fraction of sp³-hybridized carbons (Fsp3) is 0.667. The maximum Gasteiger partial charge on any atom is 0.490 e. The van der Waals surface area contributed by atoms with Gasteiger partial charge >= 0.3 is 18.1 Å². The molecular weight excluding hydrogens is 387 g/mol. The monoisotopic (exact) mass is 409 g/mol. The van der Waals surface area contributed by atoms with E-state index in [1.165, 1.54) is 4.80 Å². The number of piperidine rings is 1. The molecule has 0 unspecified atom stereocenters. The number of amides is 1. The van der Waals surface area contributed by atoms with Crippen molar-refractivity contribution in [3.63, 3.8) is 0 Å². The maximum absolute atomic E-state index is 12.2. The summed E-state index contributed by atoms with van der Waals surface area (Å²) in [5.74, 6) is -4.17.